The van der Waals surface area contributed by atoms with Crippen LogP contribution >= 0.6 is 12.4 Å². The molecule has 0 heterocycles. The molecule has 2 rings (SSSR count). The zero-order chi connectivity index (χ0) is 13.5. The Hall–Kier alpha value is -1.33. The number of allylic oxidation sites excluding steroid dienone is 2. The topological polar surface area (TPSA) is 56.5 Å². The molecule has 5 heteroatoms. The van der Waals surface area contributed by atoms with E-state index in [1.807, 2.05) is 0 Å². The normalized spacial score (nSPS) is 14.7. The second kappa shape index (κ2) is 8.76. The fourth-order valence-electron chi connectivity index (χ4n) is 2.17. The van der Waals surface area contributed by atoms with Gasteiger partial charge in [-0.1, -0.05) is 30.3 Å². The average molecular weight is 297 g/mol. The fourth-order valence-corrected chi connectivity index (χ4v) is 2.17. The van der Waals surface area contributed by atoms with Crippen molar-refractivity contribution in [1.29, 1.82) is 0 Å². The van der Waals surface area contributed by atoms with E-state index in [1.54, 1.807) is 7.11 Å². The van der Waals surface area contributed by atoms with Gasteiger partial charge in [0, 0.05) is 24.9 Å². The maximum Gasteiger partial charge on any atom is 0.0714 e. The number of nitrogens with two attached hydrogens (primary N) is 1. The van der Waals surface area contributed by atoms with Crippen molar-refractivity contribution in [3.05, 3.63) is 47.5 Å². The van der Waals surface area contributed by atoms with Gasteiger partial charge in [0.05, 0.1) is 13.2 Å². The number of halogens is 1. The fraction of sp³-hybridized carbons (Fsp3) is 0.333. The highest BCUT2D eigenvalue weighted by Crippen LogP contribution is 2.33. The van der Waals surface area contributed by atoms with Crippen molar-refractivity contribution in [3.8, 4) is 0 Å². The minimum Gasteiger partial charge on any atom is -0.383 e. The van der Waals surface area contributed by atoms with Crippen LogP contribution < -0.4 is 11.2 Å². The number of hydrogen-bond donors (Lipinski definition) is 2. The Bertz CT molecular complexity index is 487. The van der Waals surface area contributed by atoms with Crippen LogP contribution in [0.5, 0.6) is 0 Å². The third-order valence-electron chi connectivity index (χ3n) is 3.05. The van der Waals surface area contributed by atoms with Crippen molar-refractivity contribution in [1.82, 2.24) is 5.32 Å². The van der Waals surface area contributed by atoms with Crippen LogP contribution in [0.15, 0.2) is 36.4 Å². The maximum atomic E-state index is 5.06. The summed E-state index contributed by atoms with van der Waals surface area (Å²) < 4.78 is 5.06. The van der Waals surface area contributed by atoms with Crippen molar-refractivity contribution in [3.63, 3.8) is 0 Å². The summed E-state index contributed by atoms with van der Waals surface area (Å²) in [6, 6.07) is 8.36. The molecule has 1 aliphatic rings. The lowest BCUT2D eigenvalue weighted by Crippen LogP contribution is -2.16. The zero-order valence-electron chi connectivity index (χ0n) is 11.6. The van der Waals surface area contributed by atoms with Crippen LogP contribution in [0.3, 0.4) is 0 Å². The predicted molar refractivity (Wildman–Crippen MR) is 84.3 cm³/mol. The van der Waals surface area contributed by atoms with Crippen molar-refractivity contribution in [2.45, 2.75) is 6.42 Å². The molecule has 0 bridgehead atoms. The molecule has 0 aromatic heterocycles. The van der Waals surface area contributed by atoms with Gasteiger partial charge in [-0.3, -0.25) is 0 Å². The highest BCUT2D eigenvalue weighted by molar-refractivity contribution is 5.94. The van der Waals surface area contributed by atoms with Crippen LogP contribution in [-0.4, -0.2) is 26.9 Å². The number of rotatable bonds is 7. The van der Waals surface area contributed by atoms with Crippen LogP contribution in [0.25, 0.3) is 11.3 Å². The summed E-state index contributed by atoms with van der Waals surface area (Å²) in [6.07, 6.45) is 5.12. The summed E-state index contributed by atoms with van der Waals surface area (Å²) in [7, 11) is 1.71. The Morgan fingerprint density at radius 1 is 1.20 bits per heavy atom. The van der Waals surface area contributed by atoms with E-state index in [0.29, 0.717) is 13.2 Å². The lowest BCUT2D eigenvalue weighted by atomic mass is 10.1. The standard InChI is InChI=1S/C15H20N2O2.ClH/c1-18-10-8-17-15-11-12(5-4-9-19-16)13-6-2-3-7-14(13)15;/h2-3,5-7,11,17H,4,8-10,16H2,1H3;1H. The number of benzene rings is 1. The second-order valence-corrected chi connectivity index (χ2v) is 4.34. The molecule has 1 aliphatic carbocycles. The first kappa shape index (κ1) is 16.7. The Morgan fingerprint density at radius 2 is 1.95 bits per heavy atom. The molecular formula is C15H21ClN2O2. The SMILES string of the molecule is COCCNC1=CC(=CCCON)c2ccccc21.Cl. The molecule has 0 amide bonds. The molecule has 0 aliphatic heterocycles. The number of nitrogens with one attached hydrogen (secondary N) is 1. The molecule has 0 spiro atoms. The van der Waals surface area contributed by atoms with Gasteiger partial charge in [0.1, 0.15) is 0 Å². The van der Waals surface area contributed by atoms with E-state index < -0.39 is 0 Å². The van der Waals surface area contributed by atoms with Crippen LogP contribution in [-0.2, 0) is 9.57 Å². The van der Waals surface area contributed by atoms with E-state index in [9.17, 15) is 0 Å². The van der Waals surface area contributed by atoms with Gasteiger partial charge in [-0.2, -0.15) is 0 Å². The van der Waals surface area contributed by atoms with Crippen molar-refractivity contribution in [2.75, 3.05) is 26.9 Å². The lowest BCUT2D eigenvalue weighted by molar-refractivity contribution is 0.143. The minimum atomic E-state index is 0. The van der Waals surface area contributed by atoms with Gasteiger partial charge in [0.2, 0.25) is 0 Å². The van der Waals surface area contributed by atoms with Crippen LogP contribution in [0.1, 0.15) is 17.5 Å². The summed E-state index contributed by atoms with van der Waals surface area (Å²) in [5, 5.41) is 3.40. The maximum absolute atomic E-state index is 5.06. The molecule has 4 nitrogen and oxygen atoms in total. The highest BCUT2D eigenvalue weighted by Gasteiger charge is 2.16. The number of fused-ring (bicyclic) bond motifs is 1. The Balaban J connectivity index is 0.00000200. The van der Waals surface area contributed by atoms with Gasteiger partial charge < -0.3 is 14.9 Å². The van der Waals surface area contributed by atoms with E-state index >= 15 is 0 Å². The Labute approximate surface area is 126 Å². The van der Waals surface area contributed by atoms with Crippen LogP contribution in [0.4, 0.5) is 0 Å². The molecule has 1 aromatic rings. The van der Waals surface area contributed by atoms with E-state index in [2.05, 4.69) is 46.6 Å². The third kappa shape index (κ3) is 4.08. The number of hydrogen-bond acceptors (Lipinski definition) is 4. The molecule has 0 saturated heterocycles. The molecule has 20 heavy (non-hydrogen) atoms. The summed E-state index contributed by atoms with van der Waals surface area (Å²) in [6.45, 7) is 2.03. The van der Waals surface area contributed by atoms with Crippen molar-refractivity contribution < 1.29 is 9.57 Å². The molecule has 0 atom stereocenters. The van der Waals surface area contributed by atoms with E-state index in [4.69, 9.17) is 10.6 Å². The first-order valence-electron chi connectivity index (χ1n) is 6.43. The molecular weight excluding hydrogens is 276 g/mol. The molecule has 0 fully saturated rings. The number of methoxy groups -OCH3 is 1. The van der Waals surface area contributed by atoms with Crippen LogP contribution in [0.2, 0.25) is 0 Å². The zero-order valence-corrected chi connectivity index (χ0v) is 12.4. The Morgan fingerprint density at radius 3 is 2.65 bits per heavy atom. The summed E-state index contributed by atoms with van der Waals surface area (Å²) >= 11 is 0. The molecule has 110 valence electrons. The first-order chi connectivity index (χ1) is 9.36. The van der Waals surface area contributed by atoms with E-state index in [-0.39, 0.29) is 12.4 Å². The molecule has 0 unspecified atom stereocenters. The van der Waals surface area contributed by atoms with E-state index in [1.165, 1.54) is 16.7 Å². The molecule has 0 saturated carbocycles. The second-order valence-electron chi connectivity index (χ2n) is 4.34. The summed E-state index contributed by atoms with van der Waals surface area (Å²) in [5.41, 5.74) is 4.85. The first-order valence-corrected chi connectivity index (χ1v) is 6.43. The van der Waals surface area contributed by atoms with Gasteiger partial charge in [-0.05, 0) is 23.6 Å². The third-order valence-corrected chi connectivity index (χ3v) is 3.05. The van der Waals surface area contributed by atoms with Gasteiger partial charge >= 0.3 is 0 Å². The largest absolute Gasteiger partial charge is 0.383 e. The highest BCUT2D eigenvalue weighted by atomic mass is 35.5. The molecule has 0 radical (unpaired) electrons. The Kier molecular flexibility index (Phi) is 7.33. The van der Waals surface area contributed by atoms with Crippen molar-refractivity contribution >= 4 is 23.7 Å². The number of ether oxygens (including phenoxy) is 1. The quantitative estimate of drug-likeness (QED) is 0.599. The van der Waals surface area contributed by atoms with Gasteiger partial charge in [0.25, 0.3) is 0 Å². The predicted octanol–water partition coefficient (Wildman–Crippen LogP) is 2.36. The molecule has 1 aromatic carbocycles. The minimum absolute atomic E-state index is 0. The van der Waals surface area contributed by atoms with Gasteiger partial charge in [-0.15, -0.1) is 12.4 Å². The van der Waals surface area contributed by atoms with E-state index in [0.717, 1.165) is 18.7 Å². The smallest absolute Gasteiger partial charge is 0.0714 e. The average Bonchev–Trinajstić information content (AvgIpc) is 2.79. The van der Waals surface area contributed by atoms with Gasteiger partial charge in [-0.25, -0.2) is 5.90 Å². The monoisotopic (exact) mass is 296 g/mol. The molecule has 3 N–H and O–H groups in total. The van der Waals surface area contributed by atoms with Crippen molar-refractivity contribution in [2.24, 2.45) is 5.90 Å². The summed E-state index contributed by atoms with van der Waals surface area (Å²) in [5.74, 6) is 5.05. The summed E-state index contributed by atoms with van der Waals surface area (Å²) in [4.78, 5) is 4.60. The lowest BCUT2D eigenvalue weighted by Gasteiger charge is -2.08. The van der Waals surface area contributed by atoms with Gasteiger partial charge in [0.15, 0.2) is 0 Å². The van der Waals surface area contributed by atoms with Crippen LogP contribution in [0, 0.1) is 0 Å².